The highest BCUT2D eigenvalue weighted by Crippen LogP contribution is 2.14. The third-order valence-corrected chi connectivity index (χ3v) is 2.50. The molecule has 0 aromatic heterocycles. The van der Waals surface area contributed by atoms with E-state index in [9.17, 15) is 4.79 Å². The summed E-state index contributed by atoms with van der Waals surface area (Å²) in [4.78, 5) is 13.8. The van der Waals surface area contributed by atoms with Crippen LogP contribution in [0.4, 0.5) is 5.69 Å². The number of hydrogen-bond acceptors (Lipinski definition) is 2. The van der Waals surface area contributed by atoms with Crippen LogP contribution in [0.3, 0.4) is 0 Å². The van der Waals surface area contributed by atoms with Gasteiger partial charge in [-0.2, -0.15) is 0 Å². The van der Waals surface area contributed by atoms with Crippen molar-refractivity contribution in [1.82, 2.24) is 4.90 Å². The van der Waals surface area contributed by atoms with Crippen molar-refractivity contribution >= 4 is 11.6 Å². The van der Waals surface area contributed by atoms with Gasteiger partial charge in [0.2, 0.25) is 0 Å². The van der Waals surface area contributed by atoms with Gasteiger partial charge in [-0.1, -0.05) is 13.8 Å². The van der Waals surface area contributed by atoms with Gasteiger partial charge in [0.05, 0.1) is 0 Å². The molecule has 0 saturated carbocycles. The van der Waals surface area contributed by atoms with Crippen LogP contribution in [0, 0.1) is 12.8 Å². The minimum Gasteiger partial charge on any atom is -0.399 e. The summed E-state index contributed by atoms with van der Waals surface area (Å²) in [5, 5.41) is 0. The summed E-state index contributed by atoms with van der Waals surface area (Å²) >= 11 is 0. The van der Waals surface area contributed by atoms with E-state index in [-0.39, 0.29) is 5.91 Å². The number of carbonyl (C=O) groups is 1. The largest absolute Gasteiger partial charge is 0.399 e. The van der Waals surface area contributed by atoms with Crippen LogP contribution in [-0.4, -0.2) is 24.4 Å². The molecular formula is C13H20N2O. The quantitative estimate of drug-likeness (QED) is 0.794. The van der Waals surface area contributed by atoms with Crippen LogP contribution >= 0.6 is 0 Å². The topological polar surface area (TPSA) is 46.3 Å². The molecule has 1 rings (SSSR count). The van der Waals surface area contributed by atoms with Gasteiger partial charge in [-0.05, 0) is 36.6 Å². The van der Waals surface area contributed by atoms with Crippen LogP contribution in [0.5, 0.6) is 0 Å². The average molecular weight is 220 g/mol. The Morgan fingerprint density at radius 3 is 2.56 bits per heavy atom. The minimum atomic E-state index is 0.0526. The Morgan fingerprint density at radius 1 is 1.44 bits per heavy atom. The van der Waals surface area contributed by atoms with Gasteiger partial charge in [0, 0.05) is 24.8 Å². The Bertz CT molecular complexity index is 386. The number of aryl methyl sites for hydroxylation is 1. The van der Waals surface area contributed by atoms with E-state index in [0.29, 0.717) is 11.5 Å². The molecule has 16 heavy (non-hydrogen) atoms. The molecule has 1 aromatic rings. The second-order valence-corrected chi connectivity index (χ2v) is 4.65. The van der Waals surface area contributed by atoms with Gasteiger partial charge in [-0.25, -0.2) is 0 Å². The highest BCUT2D eigenvalue weighted by atomic mass is 16.2. The molecule has 0 unspecified atom stereocenters. The smallest absolute Gasteiger partial charge is 0.253 e. The van der Waals surface area contributed by atoms with Crippen LogP contribution in [-0.2, 0) is 0 Å². The number of anilines is 1. The molecule has 0 aliphatic rings. The molecule has 0 aliphatic carbocycles. The third kappa shape index (κ3) is 2.99. The summed E-state index contributed by atoms with van der Waals surface area (Å²) in [6.07, 6.45) is 0. The summed E-state index contributed by atoms with van der Waals surface area (Å²) < 4.78 is 0. The lowest BCUT2D eigenvalue weighted by atomic mass is 10.1. The van der Waals surface area contributed by atoms with E-state index in [1.54, 1.807) is 17.0 Å². The van der Waals surface area contributed by atoms with Gasteiger partial charge < -0.3 is 10.6 Å². The SMILES string of the molecule is Cc1cc(C(=O)N(C)CC(C)C)ccc1N. The molecule has 88 valence electrons. The first-order valence-corrected chi connectivity index (χ1v) is 5.53. The zero-order chi connectivity index (χ0) is 12.3. The van der Waals surface area contributed by atoms with E-state index in [4.69, 9.17) is 5.73 Å². The van der Waals surface area contributed by atoms with Crippen molar-refractivity contribution in [2.24, 2.45) is 5.92 Å². The minimum absolute atomic E-state index is 0.0526. The van der Waals surface area contributed by atoms with Gasteiger partial charge >= 0.3 is 0 Å². The van der Waals surface area contributed by atoms with Crippen molar-refractivity contribution < 1.29 is 4.79 Å². The fourth-order valence-corrected chi connectivity index (χ4v) is 1.66. The lowest BCUT2D eigenvalue weighted by Gasteiger charge is -2.19. The van der Waals surface area contributed by atoms with Crippen molar-refractivity contribution in [3.8, 4) is 0 Å². The zero-order valence-electron chi connectivity index (χ0n) is 10.4. The number of rotatable bonds is 3. The van der Waals surface area contributed by atoms with E-state index < -0.39 is 0 Å². The molecule has 0 radical (unpaired) electrons. The molecule has 2 N–H and O–H groups in total. The van der Waals surface area contributed by atoms with Crippen LogP contribution in [0.1, 0.15) is 29.8 Å². The summed E-state index contributed by atoms with van der Waals surface area (Å²) in [6.45, 7) is 6.87. The van der Waals surface area contributed by atoms with Crippen molar-refractivity contribution in [2.75, 3.05) is 19.3 Å². The number of carbonyl (C=O) groups excluding carboxylic acids is 1. The van der Waals surface area contributed by atoms with Crippen molar-refractivity contribution in [3.63, 3.8) is 0 Å². The monoisotopic (exact) mass is 220 g/mol. The van der Waals surface area contributed by atoms with E-state index >= 15 is 0 Å². The molecule has 3 nitrogen and oxygen atoms in total. The number of nitrogen functional groups attached to an aromatic ring is 1. The molecule has 3 heteroatoms. The maximum atomic E-state index is 12.0. The molecule has 1 amide bonds. The molecule has 1 aromatic carbocycles. The number of nitrogens with two attached hydrogens (primary N) is 1. The van der Waals surface area contributed by atoms with E-state index in [1.807, 2.05) is 20.0 Å². The molecule has 0 aliphatic heterocycles. The summed E-state index contributed by atoms with van der Waals surface area (Å²) in [6, 6.07) is 5.40. The van der Waals surface area contributed by atoms with Gasteiger partial charge in [0.1, 0.15) is 0 Å². The van der Waals surface area contributed by atoms with Gasteiger partial charge in [-0.15, -0.1) is 0 Å². The molecule has 0 fully saturated rings. The van der Waals surface area contributed by atoms with E-state index in [2.05, 4.69) is 13.8 Å². The predicted molar refractivity (Wildman–Crippen MR) is 67.4 cm³/mol. The maximum absolute atomic E-state index is 12.0. The van der Waals surface area contributed by atoms with Crippen LogP contribution < -0.4 is 5.73 Å². The highest BCUT2D eigenvalue weighted by Gasteiger charge is 2.13. The lowest BCUT2D eigenvalue weighted by Crippen LogP contribution is -2.30. The van der Waals surface area contributed by atoms with Crippen LogP contribution in [0.2, 0.25) is 0 Å². The van der Waals surface area contributed by atoms with Crippen molar-refractivity contribution in [2.45, 2.75) is 20.8 Å². The van der Waals surface area contributed by atoms with E-state index in [0.717, 1.165) is 17.8 Å². The lowest BCUT2D eigenvalue weighted by molar-refractivity contribution is 0.0779. The summed E-state index contributed by atoms with van der Waals surface area (Å²) in [7, 11) is 1.83. The average Bonchev–Trinajstić information content (AvgIpc) is 2.20. The molecule has 0 bridgehead atoms. The molecular weight excluding hydrogens is 200 g/mol. The first-order valence-electron chi connectivity index (χ1n) is 5.53. The standard InChI is InChI=1S/C13H20N2O/c1-9(2)8-15(4)13(16)11-5-6-12(14)10(3)7-11/h5-7,9H,8,14H2,1-4H3. The Labute approximate surface area is 97.2 Å². The van der Waals surface area contributed by atoms with Gasteiger partial charge in [0.25, 0.3) is 5.91 Å². The number of benzene rings is 1. The van der Waals surface area contributed by atoms with Crippen LogP contribution in [0.15, 0.2) is 18.2 Å². The maximum Gasteiger partial charge on any atom is 0.253 e. The number of hydrogen-bond donors (Lipinski definition) is 1. The van der Waals surface area contributed by atoms with E-state index in [1.165, 1.54) is 0 Å². The second-order valence-electron chi connectivity index (χ2n) is 4.65. The summed E-state index contributed by atoms with van der Waals surface area (Å²) in [5.74, 6) is 0.528. The number of amides is 1. The fraction of sp³-hybridized carbons (Fsp3) is 0.462. The fourth-order valence-electron chi connectivity index (χ4n) is 1.66. The number of nitrogens with zero attached hydrogens (tertiary/aromatic N) is 1. The van der Waals surface area contributed by atoms with Crippen molar-refractivity contribution in [3.05, 3.63) is 29.3 Å². The Hall–Kier alpha value is -1.51. The zero-order valence-corrected chi connectivity index (χ0v) is 10.4. The molecule has 0 atom stereocenters. The third-order valence-electron chi connectivity index (χ3n) is 2.50. The first-order chi connectivity index (χ1) is 7.41. The Morgan fingerprint density at radius 2 is 2.06 bits per heavy atom. The molecule has 0 heterocycles. The van der Waals surface area contributed by atoms with Crippen LogP contribution in [0.25, 0.3) is 0 Å². The normalized spacial score (nSPS) is 10.6. The Balaban J connectivity index is 2.84. The van der Waals surface area contributed by atoms with Gasteiger partial charge in [0.15, 0.2) is 0 Å². The second kappa shape index (κ2) is 5.01. The summed E-state index contributed by atoms with van der Waals surface area (Å²) in [5.41, 5.74) is 8.10. The molecule has 0 spiro atoms. The highest BCUT2D eigenvalue weighted by molar-refractivity contribution is 5.94. The predicted octanol–water partition coefficient (Wildman–Crippen LogP) is 2.31. The first kappa shape index (κ1) is 12.6. The van der Waals surface area contributed by atoms with Gasteiger partial charge in [-0.3, -0.25) is 4.79 Å². The van der Waals surface area contributed by atoms with Crippen molar-refractivity contribution in [1.29, 1.82) is 0 Å². The Kier molecular flexibility index (Phi) is 3.93. The molecule has 0 saturated heterocycles.